The Hall–Kier alpha value is -2.29. The number of nitrogens with one attached hydrogen (secondary N) is 1. The maximum Gasteiger partial charge on any atom is 0.255 e. The molecule has 0 aromatic heterocycles. The molecule has 2 rings (SSSR count). The van der Waals surface area contributed by atoms with Crippen LogP contribution in [0.1, 0.15) is 24.2 Å². The van der Waals surface area contributed by atoms with E-state index >= 15 is 0 Å². The normalized spacial score (nSPS) is 10.3. The van der Waals surface area contributed by atoms with Crippen LogP contribution < -0.4 is 10.1 Å². The van der Waals surface area contributed by atoms with E-state index in [-0.39, 0.29) is 5.91 Å². The van der Waals surface area contributed by atoms with Gasteiger partial charge in [-0.15, -0.1) is 0 Å². The van der Waals surface area contributed by atoms with Gasteiger partial charge in [0.2, 0.25) is 0 Å². The predicted octanol–water partition coefficient (Wildman–Crippen LogP) is 3.97. The van der Waals surface area contributed by atoms with E-state index in [2.05, 4.69) is 19.2 Å². The molecule has 0 atom stereocenters. The molecule has 104 valence electrons. The standard InChI is InChI=1S/C17H19NO2/c1-13(2)12-20-16-10-8-15(9-11-16)18-17(19)14-6-4-3-5-7-14/h3-11,13H,12H2,1-2H3,(H,18,19). The number of hydrogen-bond donors (Lipinski definition) is 1. The lowest BCUT2D eigenvalue weighted by atomic mass is 10.2. The maximum absolute atomic E-state index is 12.0. The van der Waals surface area contributed by atoms with E-state index in [4.69, 9.17) is 4.74 Å². The quantitative estimate of drug-likeness (QED) is 0.891. The molecule has 0 heterocycles. The number of anilines is 1. The van der Waals surface area contributed by atoms with Crippen LogP contribution in [0.2, 0.25) is 0 Å². The number of carbonyl (C=O) groups is 1. The highest BCUT2D eigenvalue weighted by Crippen LogP contribution is 2.17. The lowest BCUT2D eigenvalue weighted by Gasteiger charge is -2.10. The molecule has 1 N–H and O–H groups in total. The van der Waals surface area contributed by atoms with Gasteiger partial charge in [0.05, 0.1) is 6.61 Å². The van der Waals surface area contributed by atoms with Crippen LogP contribution in [0.5, 0.6) is 5.75 Å². The van der Waals surface area contributed by atoms with Crippen molar-refractivity contribution >= 4 is 11.6 Å². The highest BCUT2D eigenvalue weighted by Gasteiger charge is 2.05. The van der Waals surface area contributed by atoms with Gasteiger partial charge in [0, 0.05) is 11.3 Å². The Morgan fingerprint density at radius 1 is 1.05 bits per heavy atom. The van der Waals surface area contributed by atoms with Gasteiger partial charge in [-0.25, -0.2) is 0 Å². The summed E-state index contributed by atoms with van der Waals surface area (Å²) < 4.78 is 5.60. The molecule has 1 amide bonds. The van der Waals surface area contributed by atoms with Gasteiger partial charge in [0.15, 0.2) is 0 Å². The highest BCUT2D eigenvalue weighted by atomic mass is 16.5. The second kappa shape index (κ2) is 6.75. The fourth-order valence-electron chi connectivity index (χ4n) is 1.69. The SMILES string of the molecule is CC(C)COc1ccc(NC(=O)c2ccccc2)cc1. The van der Waals surface area contributed by atoms with Crippen molar-refractivity contribution in [1.82, 2.24) is 0 Å². The van der Waals surface area contributed by atoms with Crippen LogP contribution in [0.25, 0.3) is 0 Å². The summed E-state index contributed by atoms with van der Waals surface area (Å²) in [6.07, 6.45) is 0. The number of hydrogen-bond acceptors (Lipinski definition) is 2. The zero-order valence-electron chi connectivity index (χ0n) is 11.8. The summed E-state index contributed by atoms with van der Waals surface area (Å²) >= 11 is 0. The van der Waals surface area contributed by atoms with E-state index in [9.17, 15) is 4.79 Å². The summed E-state index contributed by atoms with van der Waals surface area (Å²) in [7, 11) is 0. The topological polar surface area (TPSA) is 38.3 Å². The Morgan fingerprint density at radius 2 is 1.70 bits per heavy atom. The van der Waals surface area contributed by atoms with Crippen LogP contribution in [0.4, 0.5) is 5.69 Å². The molecule has 2 aromatic rings. The Bertz CT molecular complexity index is 547. The Balaban J connectivity index is 1.95. The summed E-state index contributed by atoms with van der Waals surface area (Å²) in [6, 6.07) is 16.6. The Morgan fingerprint density at radius 3 is 2.30 bits per heavy atom. The van der Waals surface area contributed by atoms with Crippen molar-refractivity contribution in [2.45, 2.75) is 13.8 Å². The predicted molar refractivity (Wildman–Crippen MR) is 81.2 cm³/mol. The molecule has 0 fully saturated rings. The van der Waals surface area contributed by atoms with E-state index < -0.39 is 0 Å². The first kappa shape index (κ1) is 14.1. The second-order valence-corrected chi connectivity index (χ2v) is 5.05. The number of benzene rings is 2. The molecule has 0 saturated heterocycles. The minimum atomic E-state index is -0.110. The third-order valence-corrected chi connectivity index (χ3v) is 2.73. The zero-order chi connectivity index (χ0) is 14.4. The van der Waals surface area contributed by atoms with Crippen LogP contribution in [0.15, 0.2) is 54.6 Å². The van der Waals surface area contributed by atoms with Crippen LogP contribution >= 0.6 is 0 Å². The van der Waals surface area contributed by atoms with Gasteiger partial charge in [0.1, 0.15) is 5.75 Å². The lowest BCUT2D eigenvalue weighted by molar-refractivity contribution is 0.102. The third kappa shape index (κ3) is 4.12. The summed E-state index contributed by atoms with van der Waals surface area (Å²) in [5.74, 6) is 1.20. The molecule has 20 heavy (non-hydrogen) atoms. The first-order valence-corrected chi connectivity index (χ1v) is 6.74. The van der Waals surface area contributed by atoms with Crippen LogP contribution in [-0.2, 0) is 0 Å². The van der Waals surface area contributed by atoms with Crippen molar-refractivity contribution < 1.29 is 9.53 Å². The van der Waals surface area contributed by atoms with Gasteiger partial charge in [-0.1, -0.05) is 32.0 Å². The van der Waals surface area contributed by atoms with Crippen molar-refractivity contribution in [3.8, 4) is 5.75 Å². The lowest BCUT2D eigenvalue weighted by Crippen LogP contribution is -2.11. The molecule has 0 saturated carbocycles. The Labute approximate surface area is 119 Å². The summed E-state index contributed by atoms with van der Waals surface area (Å²) in [5, 5.41) is 2.86. The van der Waals surface area contributed by atoms with Gasteiger partial charge < -0.3 is 10.1 Å². The third-order valence-electron chi connectivity index (χ3n) is 2.73. The fourth-order valence-corrected chi connectivity index (χ4v) is 1.69. The summed E-state index contributed by atoms with van der Waals surface area (Å²) in [6.45, 7) is 4.90. The zero-order valence-corrected chi connectivity index (χ0v) is 11.8. The minimum absolute atomic E-state index is 0.110. The van der Waals surface area contributed by atoms with E-state index in [1.165, 1.54) is 0 Å². The molecule has 3 nitrogen and oxygen atoms in total. The van der Waals surface area contributed by atoms with E-state index in [0.29, 0.717) is 18.1 Å². The average molecular weight is 269 g/mol. The molecule has 2 aromatic carbocycles. The molecule has 0 aliphatic heterocycles. The number of rotatable bonds is 5. The van der Waals surface area contributed by atoms with Crippen molar-refractivity contribution in [1.29, 1.82) is 0 Å². The first-order valence-electron chi connectivity index (χ1n) is 6.74. The highest BCUT2D eigenvalue weighted by molar-refractivity contribution is 6.04. The Kier molecular flexibility index (Phi) is 4.77. The number of amides is 1. The summed E-state index contributed by atoms with van der Waals surface area (Å²) in [5.41, 5.74) is 1.41. The van der Waals surface area contributed by atoms with E-state index in [1.807, 2.05) is 42.5 Å². The number of ether oxygens (including phenoxy) is 1. The molecule has 0 unspecified atom stereocenters. The van der Waals surface area contributed by atoms with E-state index in [0.717, 1.165) is 11.4 Å². The van der Waals surface area contributed by atoms with Gasteiger partial charge in [-0.3, -0.25) is 4.79 Å². The van der Waals surface area contributed by atoms with Crippen molar-refractivity contribution in [2.75, 3.05) is 11.9 Å². The number of carbonyl (C=O) groups excluding carboxylic acids is 1. The van der Waals surface area contributed by atoms with Crippen LogP contribution in [0.3, 0.4) is 0 Å². The molecule has 0 radical (unpaired) electrons. The van der Waals surface area contributed by atoms with Gasteiger partial charge in [-0.2, -0.15) is 0 Å². The smallest absolute Gasteiger partial charge is 0.255 e. The first-order chi connectivity index (χ1) is 9.65. The molecule has 0 aliphatic carbocycles. The van der Waals surface area contributed by atoms with Crippen molar-refractivity contribution in [3.63, 3.8) is 0 Å². The van der Waals surface area contributed by atoms with Crippen molar-refractivity contribution in [3.05, 3.63) is 60.2 Å². The average Bonchev–Trinajstić information content (AvgIpc) is 2.47. The maximum atomic E-state index is 12.0. The molecule has 0 spiro atoms. The molecule has 0 bridgehead atoms. The molecule has 0 aliphatic rings. The van der Waals surface area contributed by atoms with Crippen molar-refractivity contribution in [2.24, 2.45) is 5.92 Å². The summed E-state index contributed by atoms with van der Waals surface area (Å²) in [4.78, 5) is 12.0. The van der Waals surface area contributed by atoms with Crippen LogP contribution in [-0.4, -0.2) is 12.5 Å². The minimum Gasteiger partial charge on any atom is -0.493 e. The molecule has 3 heteroatoms. The van der Waals surface area contributed by atoms with Gasteiger partial charge in [0.25, 0.3) is 5.91 Å². The van der Waals surface area contributed by atoms with Gasteiger partial charge in [-0.05, 0) is 42.3 Å². The monoisotopic (exact) mass is 269 g/mol. The van der Waals surface area contributed by atoms with Crippen LogP contribution in [0, 0.1) is 5.92 Å². The van der Waals surface area contributed by atoms with E-state index in [1.54, 1.807) is 12.1 Å². The molecular formula is C17H19NO2. The van der Waals surface area contributed by atoms with Gasteiger partial charge >= 0.3 is 0 Å². The largest absolute Gasteiger partial charge is 0.493 e. The molecular weight excluding hydrogens is 250 g/mol. The fraction of sp³-hybridized carbons (Fsp3) is 0.235. The second-order valence-electron chi connectivity index (χ2n) is 5.05.